The number of pyridine rings is 1. The van der Waals surface area contributed by atoms with E-state index in [0.717, 1.165) is 22.2 Å². The van der Waals surface area contributed by atoms with E-state index in [1.165, 1.54) is 0 Å². The number of nitrogens with zero attached hydrogens (tertiary/aromatic N) is 3. The second kappa shape index (κ2) is 5.33. The summed E-state index contributed by atoms with van der Waals surface area (Å²) >= 11 is 0. The number of guanidine groups is 1. The first-order valence-corrected chi connectivity index (χ1v) is 6.72. The molecular weight excluding hydrogens is 278 g/mol. The normalized spacial score (nSPS) is 10.6. The molecule has 22 heavy (non-hydrogen) atoms. The van der Waals surface area contributed by atoms with Crippen LogP contribution in [0, 0.1) is 6.92 Å². The third kappa shape index (κ3) is 2.54. The Labute approximate surface area is 127 Å². The Balaban J connectivity index is 2.07. The highest BCUT2D eigenvalue weighted by molar-refractivity contribution is 6.02. The van der Waals surface area contributed by atoms with Crippen molar-refractivity contribution in [3.05, 3.63) is 60.0 Å². The van der Waals surface area contributed by atoms with Gasteiger partial charge in [0.1, 0.15) is 0 Å². The second-order valence-corrected chi connectivity index (χ2v) is 5.00. The van der Waals surface area contributed by atoms with E-state index in [0.29, 0.717) is 5.56 Å². The molecule has 0 saturated carbocycles. The lowest BCUT2D eigenvalue weighted by Crippen LogP contribution is -2.24. The van der Waals surface area contributed by atoms with Gasteiger partial charge in [-0.1, -0.05) is 12.1 Å². The first-order chi connectivity index (χ1) is 10.5. The number of aliphatic imine (C=N–C) groups is 1. The van der Waals surface area contributed by atoms with Crippen LogP contribution in [0.2, 0.25) is 0 Å². The van der Waals surface area contributed by atoms with Gasteiger partial charge in [0.15, 0.2) is 5.96 Å². The lowest BCUT2D eigenvalue weighted by molar-refractivity contribution is 0.100. The van der Waals surface area contributed by atoms with Crippen molar-refractivity contribution in [2.45, 2.75) is 6.92 Å². The molecule has 0 bridgehead atoms. The maximum atomic E-state index is 11.8. The maximum absolute atomic E-state index is 11.8. The first-order valence-electron chi connectivity index (χ1n) is 6.72. The van der Waals surface area contributed by atoms with Gasteiger partial charge in [0.2, 0.25) is 0 Å². The zero-order chi connectivity index (χ0) is 15.7. The molecule has 3 rings (SSSR count). The Hall–Kier alpha value is -3.15. The summed E-state index contributed by atoms with van der Waals surface area (Å²) < 4.78 is 1.86. The smallest absolute Gasteiger partial charge is 0.281 e. The summed E-state index contributed by atoms with van der Waals surface area (Å²) in [5.74, 6) is -0.712. The maximum Gasteiger partial charge on any atom is 0.281 e. The Morgan fingerprint density at radius 2 is 2.05 bits per heavy atom. The number of amides is 1. The molecule has 0 radical (unpaired) electrons. The number of carbonyl (C=O) groups excluding carboxylic acids is 1. The molecule has 2 heterocycles. The Morgan fingerprint density at radius 3 is 2.82 bits per heavy atom. The molecule has 0 spiro atoms. The van der Waals surface area contributed by atoms with Crippen molar-refractivity contribution in [3.8, 4) is 5.69 Å². The van der Waals surface area contributed by atoms with Gasteiger partial charge in [-0.25, -0.2) is 0 Å². The number of nitrogens with two attached hydrogens (primary N) is 2. The van der Waals surface area contributed by atoms with Gasteiger partial charge in [0.25, 0.3) is 5.91 Å². The molecule has 6 heteroatoms. The third-order valence-electron chi connectivity index (χ3n) is 3.32. The monoisotopic (exact) mass is 293 g/mol. The molecular formula is C16H15N5O. The van der Waals surface area contributed by atoms with E-state index in [1.54, 1.807) is 24.7 Å². The average Bonchev–Trinajstić information content (AvgIpc) is 2.95. The fourth-order valence-corrected chi connectivity index (χ4v) is 2.32. The van der Waals surface area contributed by atoms with Crippen LogP contribution in [0.5, 0.6) is 0 Å². The minimum atomic E-state index is -0.465. The predicted molar refractivity (Wildman–Crippen MR) is 85.9 cm³/mol. The van der Waals surface area contributed by atoms with E-state index >= 15 is 0 Å². The number of carbonyl (C=O) groups is 1. The van der Waals surface area contributed by atoms with Gasteiger partial charge in [0, 0.05) is 24.0 Å². The van der Waals surface area contributed by atoms with Crippen molar-refractivity contribution >= 4 is 22.8 Å². The van der Waals surface area contributed by atoms with Crippen LogP contribution >= 0.6 is 0 Å². The summed E-state index contributed by atoms with van der Waals surface area (Å²) in [5.41, 5.74) is 13.9. The van der Waals surface area contributed by atoms with Crippen molar-refractivity contribution in [2.24, 2.45) is 16.5 Å². The fourth-order valence-electron chi connectivity index (χ4n) is 2.32. The molecule has 1 aromatic carbocycles. The molecule has 110 valence electrons. The lowest BCUT2D eigenvalue weighted by atomic mass is 10.1. The SMILES string of the molecule is Cc1ccc2c(-n3ccc(C(=O)N=C(N)N)c3)ccnc2c1. The Bertz CT molecular complexity index is 890. The Morgan fingerprint density at radius 1 is 1.23 bits per heavy atom. The number of aromatic nitrogens is 2. The molecule has 0 atom stereocenters. The first kappa shape index (κ1) is 13.8. The van der Waals surface area contributed by atoms with Crippen molar-refractivity contribution < 1.29 is 4.79 Å². The van der Waals surface area contributed by atoms with Crippen LogP contribution in [0.1, 0.15) is 15.9 Å². The predicted octanol–water partition coefficient (Wildman–Crippen LogP) is 1.75. The number of benzene rings is 1. The number of aryl methyl sites for hydroxylation is 1. The molecule has 3 aromatic rings. The highest BCUT2D eigenvalue weighted by atomic mass is 16.1. The van der Waals surface area contributed by atoms with Crippen molar-refractivity contribution in [2.75, 3.05) is 0 Å². The highest BCUT2D eigenvalue weighted by Crippen LogP contribution is 2.22. The fraction of sp³-hybridized carbons (Fsp3) is 0.0625. The van der Waals surface area contributed by atoms with Crippen molar-refractivity contribution in [1.29, 1.82) is 0 Å². The molecule has 1 amide bonds. The summed E-state index contributed by atoms with van der Waals surface area (Å²) in [7, 11) is 0. The van der Waals surface area contributed by atoms with E-state index in [9.17, 15) is 4.79 Å². The summed E-state index contributed by atoms with van der Waals surface area (Å²) in [6, 6.07) is 9.64. The number of hydrogen-bond acceptors (Lipinski definition) is 2. The molecule has 4 N–H and O–H groups in total. The molecule has 6 nitrogen and oxygen atoms in total. The molecule has 2 aromatic heterocycles. The number of hydrogen-bond donors (Lipinski definition) is 2. The second-order valence-electron chi connectivity index (χ2n) is 5.00. The van der Waals surface area contributed by atoms with Crippen LogP contribution in [-0.4, -0.2) is 21.4 Å². The minimum absolute atomic E-state index is 0.248. The van der Waals surface area contributed by atoms with Crippen LogP contribution in [-0.2, 0) is 0 Å². The van der Waals surface area contributed by atoms with E-state index in [1.807, 2.05) is 35.8 Å². The number of fused-ring (bicyclic) bond motifs is 1. The summed E-state index contributed by atoms with van der Waals surface area (Å²) in [4.78, 5) is 19.7. The number of rotatable bonds is 2. The minimum Gasteiger partial charge on any atom is -0.370 e. The van der Waals surface area contributed by atoms with Gasteiger partial charge < -0.3 is 16.0 Å². The van der Waals surface area contributed by atoms with Crippen LogP contribution in [0.25, 0.3) is 16.6 Å². The van der Waals surface area contributed by atoms with E-state index in [-0.39, 0.29) is 5.96 Å². The lowest BCUT2D eigenvalue weighted by Gasteiger charge is -2.07. The summed E-state index contributed by atoms with van der Waals surface area (Å²) in [5, 5.41) is 1.00. The van der Waals surface area contributed by atoms with Gasteiger partial charge in [-0.05, 0) is 30.7 Å². The van der Waals surface area contributed by atoms with Crippen LogP contribution in [0.15, 0.2) is 53.9 Å². The van der Waals surface area contributed by atoms with Crippen molar-refractivity contribution in [1.82, 2.24) is 9.55 Å². The largest absolute Gasteiger partial charge is 0.370 e. The quantitative estimate of drug-likeness (QED) is 0.555. The van der Waals surface area contributed by atoms with Gasteiger partial charge >= 0.3 is 0 Å². The van der Waals surface area contributed by atoms with Crippen molar-refractivity contribution in [3.63, 3.8) is 0 Å². The van der Waals surface area contributed by atoms with Gasteiger partial charge in [-0.15, -0.1) is 0 Å². The summed E-state index contributed by atoms with van der Waals surface area (Å²) in [6.45, 7) is 2.02. The Kier molecular flexibility index (Phi) is 3.34. The van der Waals surface area contributed by atoms with Gasteiger partial charge in [-0.2, -0.15) is 4.99 Å². The molecule has 0 unspecified atom stereocenters. The average molecular weight is 293 g/mol. The standard InChI is InChI=1S/C16H15N5O/c1-10-2-3-12-13(8-10)19-6-4-14(12)21-7-5-11(9-21)15(22)20-16(17)18/h2-9H,1H3,(H4,17,18,20,22). The zero-order valence-electron chi connectivity index (χ0n) is 12.0. The van der Waals surface area contributed by atoms with Crippen LogP contribution in [0.4, 0.5) is 0 Å². The van der Waals surface area contributed by atoms with Gasteiger partial charge in [0.05, 0.1) is 16.8 Å². The van der Waals surface area contributed by atoms with Crippen LogP contribution in [0.3, 0.4) is 0 Å². The van der Waals surface area contributed by atoms with E-state index in [4.69, 9.17) is 11.5 Å². The molecule has 0 aliphatic rings. The molecule has 0 aliphatic carbocycles. The zero-order valence-corrected chi connectivity index (χ0v) is 12.0. The van der Waals surface area contributed by atoms with Gasteiger partial charge in [-0.3, -0.25) is 9.78 Å². The topological polar surface area (TPSA) is 99.3 Å². The highest BCUT2D eigenvalue weighted by Gasteiger charge is 2.09. The van der Waals surface area contributed by atoms with E-state index < -0.39 is 5.91 Å². The third-order valence-corrected chi connectivity index (χ3v) is 3.32. The van der Waals surface area contributed by atoms with E-state index in [2.05, 4.69) is 9.98 Å². The van der Waals surface area contributed by atoms with Crippen LogP contribution < -0.4 is 11.5 Å². The molecule has 0 saturated heterocycles. The summed E-state index contributed by atoms with van der Waals surface area (Å²) in [6.07, 6.45) is 5.24. The molecule has 0 aliphatic heterocycles. The molecule has 0 fully saturated rings.